The van der Waals surface area contributed by atoms with Gasteiger partial charge >= 0.3 is 0 Å². The van der Waals surface area contributed by atoms with Gasteiger partial charge in [0.05, 0.1) is 22.6 Å². The molecule has 0 fully saturated rings. The predicted octanol–water partition coefficient (Wildman–Crippen LogP) is 2.48. The van der Waals surface area contributed by atoms with Crippen LogP contribution < -0.4 is 10.9 Å². The summed E-state index contributed by atoms with van der Waals surface area (Å²) in [5.41, 5.74) is 1.25. The van der Waals surface area contributed by atoms with Gasteiger partial charge in [-0.2, -0.15) is 0 Å². The minimum atomic E-state index is -0.312. The van der Waals surface area contributed by atoms with Crippen molar-refractivity contribution in [2.45, 2.75) is 13.0 Å². The SMILES string of the molecule is Cc1c(C(=O)NCC(c2cccc(F)c2)N(C)C)sc2ncn(C)c(=O)c12. The van der Waals surface area contributed by atoms with Gasteiger partial charge in [0.25, 0.3) is 11.5 Å². The molecular weight excluding hydrogens is 367 g/mol. The van der Waals surface area contributed by atoms with Crippen LogP contribution >= 0.6 is 11.3 Å². The van der Waals surface area contributed by atoms with Crippen LogP contribution in [0.4, 0.5) is 4.39 Å². The Bertz CT molecular complexity index is 1060. The van der Waals surface area contributed by atoms with Crippen LogP contribution in [0.5, 0.6) is 0 Å². The average molecular weight is 388 g/mol. The maximum atomic E-state index is 13.6. The summed E-state index contributed by atoms with van der Waals surface area (Å²) in [5, 5.41) is 3.38. The molecule has 0 radical (unpaired) electrons. The molecule has 3 rings (SSSR count). The van der Waals surface area contributed by atoms with Crippen LogP contribution in [0.3, 0.4) is 0 Å². The van der Waals surface area contributed by atoms with Gasteiger partial charge in [0.1, 0.15) is 10.6 Å². The number of carbonyl (C=O) groups is 1. The van der Waals surface area contributed by atoms with Gasteiger partial charge in [0.15, 0.2) is 0 Å². The number of amides is 1. The fourth-order valence-corrected chi connectivity index (χ4v) is 4.06. The number of halogens is 1. The third kappa shape index (κ3) is 3.77. The average Bonchev–Trinajstić information content (AvgIpc) is 2.95. The van der Waals surface area contributed by atoms with E-state index in [4.69, 9.17) is 0 Å². The van der Waals surface area contributed by atoms with Gasteiger partial charge in [-0.05, 0) is 44.3 Å². The van der Waals surface area contributed by atoms with E-state index in [1.165, 1.54) is 34.4 Å². The Kier molecular flexibility index (Phi) is 5.38. The minimum absolute atomic E-state index is 0.168. The molecule has 6 nitrogen and oxygen atoms in total. The topological polar surface area (TPSA) is 67.2 Å². The highest BCUT2D eigenvalue weighted by Crippen LogP contribution is 2.27. The maximum Gasteiger partial charge on any atom is 0.262 e. The molecule has 0 saturated carbocycles. The van der Waals surface area contributed by atoms with Crippen LogP contribution in [0.1, 0.15) is 26.8 Å². The first-order valence-electron chi connectivity index (χ1n) is 8.44. The Morgan fingerprint density at radius 1 is 1.41 bits per heavy atom. The highest BCUT2D eigenvalue weighted by Gasteiger charge is 2.21. The number of benzene rings is 1. The quantitative estimate of drug-likeness (QED) is 0.729. The second-order valence-corrected chi connectivity index (χ2v) is 7.64. The molecule has 0 aliphatic rings. The maximum absolute atomic E-state index is 13.6. The number of aryl methyl sites for hydroxylation is 2. The van der Waals surface area contributed by atoms with Crippen molar-refractivity contribution in [1.29, 1.82) is 0 Å². The highest BCUT2D eigenvalue weighted by atomic mass is 32.1. The van der Waals surface area contributed by atoms with Crippen LogP contribution in [0.25, 0.3) is 10.2 Å². The summed E-state index contributed by atoms with van der Waals surface area (Å²) in [6.07, 6.45) is 1.45. The zero-order valence-corrected chi connectivity index (χ0v) is 16.4. The Hall–Kier alpha value is -2.58. The molecule has 0 aliphatic carbocycles. The zero-order valence-electron chi connectivity index (χ0n) is 15.6. The Balaban J connectivity index is 1.85. The van der Waals surface area contributed by atoms with E-state index in [1.807, 2.05) is 25.1 Å². The van der Waals surface area contributed by atoms with E-state index in [1.54, 1.807) is 20.0 Å². The molecule has 1 atom stereocenters. The fourth-order valence-electron chi connectivity index (χ4n) is 3.01. The molecule has 1 amide bonds. The molecular formula is C19H21FN4O2S. The number of hydrogen-bond acceptors (Lipinski definition) is 5. The first-order valence-corrected chi connectivity index (χ1v) is 9.26. The first kappa shape index (κ1) is 19.2. The van der Waals surface area contributed by atoms with E-state index in [0.717, 1.165) is 5.56 Å². The number of thiophene rings is 1. The lowest BCUT2D eigenvalue weighted by Gasteiger charge is -2.25. The van der Waals surface area contributed by atoms with Gasteiger partial charge in [0, 0.05) is 13.6 Å². The number of aromatic nitrogens is 2. The van der Waals surface area contributed by atoms with E-state index in [9.17, 15) is 14.0 Å². The van der Waals surface area contributed by atoms with Crippen LogP contribution in [0, 0.1) is 12.7 Å². The lowest BCUT2D eigenvalue weighted by Crippen LogP contribution is -2.34. The second kappa shape index (κ2) is 7.58. The van der Waals surface area contributed by atoms with Crippen LogP contribution in [0.15, 0.2) is 35.4 Å². The summed E-state index contributed by atoms with van der Waals surface area (Å²) in [6, 6.07) is 6.17. The van der Waals surface area contributed by atoms with Crippen LogP contribution in [-0.4, -0.2) is 41.0 Å². The minimum Gasteiger partial charge on any atom is -0.349 e. The number of rotatable bonds is 5. The third-order valence-electron chi connectivity index (χ3n) is 4.53. The number of nitrogens with one attached hydrogen (secondary N) is 1. The normalized spacial score (nSPS) is 12.5. The van der Waals surface area contributed by atoms with E-state index in [0.29, 0.717) is 27.2 Å². The monoisotopic (exact) mass is 388 g/mol. The molecule has 1 aromatic carbocycles. The van der Waals surface area contributed by atoms with E-state index >= 15 is 0 Å². The van der Waals surface area contributed by atoms with Crippen molar-refractivity contribution in [3.8, 4) is 0 Å². The Morgan fingerprint density at radius 3 is 2.81 bits per heavy atom. The lowest BCUT2D eigenvalue weighted by molar-refractivity contribution is 0.0945. The van der Waals surface area contributed by atoms with Gasteiger partial charge < -0.3 is 14.8 Å². The molecule has 1 unspecified atom stereocenters. The molecule has 0 spiro atoms. The largest absolute Gasteiger partial charge is 0.349 e. The van der Waals surface area contributed by atoms with Crippen molar-refractivity contribution in [2.24, 2.45) is 7.05 Å². The van der Waals surface area contributed by atoms with Crippen molar-refractivity contribution >= 4 is 27.5 Å². The summed E-state index contributed by atoms with van der Waals surface area (Å²) in [4.78, 5) is 32.2. The van der Waals surface area contributed by atoms with Crippen LogP contribution in [0.2, 0.25) is 0 Å². The summed E-state index contributed by atoms with van der Waals surface area (Å²) >= 11 is 1.20. The van der Waals surface area contributed by atoms with Crippen molar-refractivity contribution in [3.05, 3.63) is 62.8 Å². The zero-order chi connectivity index (χ0) is 19.7. The smallest absolute Gasteiger partial charge is 0.262 e. The Labute approximate surface area is 160 Å². The molecule has 3 aromatic rings. The standard InChI is InChI=1S/C19H21FN4O2S/c1-11-15-18(22-10-24(4)19(15)26)27-16(11)17(25)21-9-14(23(2)3)12-6-5-7-13(20)8-12/h5-8,10,14H,9H2,1-4H3,(H,21,25). The third-order valence-corrected chi connectivity index (χ3v) is 5.73. The van der Waals surface area contributed by atoms with Crippen molar-refractivity contribution < 1.29 is 9.18 Å². The number of fused-ring (bicyclic) bond motifs is 1. The van der Waals surface area contributed by atoms with Crippen molar-refractivity contribution in [2.75, 3.05) is 20.6 Å². The molecule has 27 heavy (non-hydrogen) atoms. The van der Waals surface area contributed by atoms with E-state index < -0.39 is 0 Å². The molecule has 2 aromatic heterocycles. The van der Waals surface area contributed by atoms with Crippen molar-refractivity contribution in [3.63, 3.8) is 0 Å². The highest BCUT2D eigenvalue weighted by molar-refractivity contribution is 7.20. The molecule has 0 saturated heterocycles. The molecule has 8 heteroatoms. The van der Waals surface area contributed by atoms with Crippen LogP contribution in [-0.2, 0) is 7.05 Å². The first-order chi connectivity index (χ1) is 12.8. The van der Waals surface area contributed by atoms with Crippen molar-refractivity contribution in [1.82, 2.24) is 19.8 Å². The van der Waals surface area contributed by atoms with E-state index in [2.05, 4.69) is 10.3 Å². The Morgan fingerprint density at radius 2 is 2.15 bits per heavy atom. The lowest BCUT2D eigenvalue weighted by atomic mass is 10.1. The molecule has 0 bridgehead atoms. The predicted molar refractivity (Wildman–Crippen MR) is 105 cm³/mol. The van der Waals surface area contributed by atoms with E-state index in [-0.39, 0.29) is 23.3 Å². The van der Waals surface area contributed by atoms with Gasteiger partial charge in [-0.3, -0.25) is 9.59 Å². The van der Waals surface area contributed by atoms with Gasteiger partial charge in [-0.25, -0.2) is 9.37 Å². The fraction of sp³-hybridized carbons (Fsp3) is 0.316. The second-order valence-electron chi connectivity index (χ2n) is 6.64. The number of carbonyl (C=O) groups excluding carboxylic acids is 1. The number of nitrogens with zero attached hydrogens (tertiary/aromatic N) is 3. The van der Waals surface area contributed by atoms with Gasteiger partial charge in [0.2, 0.25) is 0 Å². The summed E-state index contributed by atoms with van der Waals surface area (Å²) in [6.45, 7) is 2.07. The molecule has 2 heterocycles. The number of hydrogen-bond donors (Lipinski definition) is 1. The molecule has 0 aliphatic heterocycles. The summed E-state index contributed by atoms with van der Waals surface area (Å²) in [5.74, 6) is -0.575. The van der Waals surface area contributed by atoms with Gasteiger partial charge in [-0.15, -0.1) is 11.3 Å². The molecule has 1 N–H and O–H groups in total. The van der Waals surface area contributed by atoms with Gasteiger partial charge in [-0.1, -0.05) is 12.1 Å². The number of likely N-dealkylation sites (N-methyl/N-ethyl adjacent to an activating group) is 1. The summed E-state index contributed by atoms with van der Waals surface area (Å²) in [7, 11) is 5.38. The summed E-state index contributed by atoms with van der Waals surface area (Å²) < 4.78 is 15.0. The molecule has 142 valence electrons.